The molecular formula is C32H34ClFN8O2. The lowest BCUT2D eigenvalue weighted by molar-refractivity contribution is 0.0391. The zero-order valence-electron chi connectivity index (χ0n) is 24.4. The number of benzene rings is 1. The highest BCUT2D eigenvalue weighted by molar-refractivity contribution is 6.34. The highest BCUT2D eigenvalue weighted by atomic mass is 35.5. The second kappa shape index (κ2) is 12.6. The van der Waals surface area contributed by atoms with Crippen LogP contribution in [0.4, 0.5) is 4.39 Å². The number of piperazine rings is 1. The first-order valence-corrected chi connectivity index (χ1v) is 15.3. The van der Waals surface area contributed by atoms with Crippen molar-refractivity contribution >= 4 is 17.1 Å². The van der Waals surface area contributed by atoms with Crippen molar-refractivity contribution in [1.82, 2.24) is 39.8 Å². The Morgan fingerprint density at radius 3 is 2.66 bits per heavy atom. The molecule has 5 heterocycles. The number of ether oxygens (including phenoxy) is 2. The number of aromatic nitrogens is 6. The van der Waals surface area contributed by atoms with Crippen molar-refractivity contribution in [3.63, 3.8) is 0 Å². The van der Waals surface area contributed by atoms with Crippen LogP contribution < -0.4 is 10.1 Å². The Balaban J connectivity index is 1.15. The fourth-order valence-electron chi connectivity index (χ4n) is 6.09. The van der Waals surface area contributed by atoms with Crippen LogP contribution in [0.5, 0.6) is 5.75 Å². The monoisotopic (exact) mass is 616 g/mol. The number of fused-ring (bicyclic) bond motifs is 1. The molecule has 4 aromatic heterocycles. The molecular weight excluding hydrogens is 583 g/mol. The molecule has 1 aliphatic heterocycles. The van der Waals surface area contributed by atoms with Gasteiger partial charge in [0.1, 0.15) is 22.8 Å². The van der Waals surface area contributed by atoms with Gasteiger partial charge < -0.3 is 14.8 Å². The summed E-state index contributed by atoms with van der Waals surface area (Å²) >= 11 is 6.59. The van der Waals surface area contributed by atoms with Crippen LogP contribution in [0.25, 0.3) is 16.8 Å². The number of nitrogens with one attached hydrogen (secondary N) is 1. The summed E-state index contributed by atoms with van der Waals surface area (Å²) in [6.45, 7) is 6.92. The van der Waals surface area contributed by atoms with E-state index >= 15 is 0 Å². The number of hydrogen-bond donors (Lipinski definition) is 1. The van der Waals surface area contributed by atoms with Crippen molar-refractivity contribution in [1.29, 1.82) is 0 Å². The van der Waals surface area contributed by atoms with E-state index in [-0.39, 0.29) is 6.61 Å². The van der Waals surface area contributed by atoms with Crippen LogP contribution in [0.3, 0.4) is 0 Å². The molecule has 1 saturated carbocycles. The average molecular weight is 617 g/mol. The van der Waals surface area contributed by atoms with Gasteiger partial charge in [-0.15, -0.1) is 5.10 Å². The molecule has 0 radical (unpaired) electrons. The summed E-state index contributed by atoms with van der Waals surface area (Å²) in [6, 6.07) is 15.7. The maximum atomic E-state index is 13.8. The van der Waals surface area contributed by atoms with Crippen LogP contribution >= 0.6 is 11.6 Å². The predicted molar refractivity (Wildman–Crippen MR) is 164 cm³/mol. The third-order valence-corrected chi connectivity index (χ3v) is 8.84. The van der Waals surface area contributed by atoms with Gasteiger partial charge in [0.25, 0.3) is 0 Å². The van der Waals surface area contributed by atoms with Gasteiger partial charge >= 0.3 is 0 Å². The average Bonchev–Trinajstić information content (AvgIpc) is 3.59. The molecule has 1 atom stereocenters. The summed E-state index contributed by atoms with van der Waals surface area (Å²) in [5.74, 6) is 0.0611. The minimum atomic E-state index is -0.641. The number of hydrogen-bond acceptors (Lipinski definition) is 8. The molecule has 7 rings (SSSR count). The summed E-state index contributed by atoms with van der Waals surface area (Å²) in [7, 11) is 0. The van der Waals surface area contributed by atoms with E-state index < -0.39 is 11.9 Å². The quantitative estimate of drug-likeness (QED) is 0.233. The summed E-state index contributed by atoms with van der Waals surface area (Å²) in [4.78, 5) is 6.87. The Morgan fingerprint density at radius 1 is 1.07 bits per heavy atom. The lowest BCUT2D eigenvalue weighted by atomic mass is 9.85. The van der Waals surface area contributed by atoms with Gasteiger partial charge in [-0.2, -0.15) is 5.10 Å². The number of nitrogens with zero attached hydrogens (tertiary/aromatic N) is 7. The molecule has 1 unspecified atom stereocenters. The zero-order chi connectivity index (χ0) is 30.0. The molecule has 0 bridgehead atoms. The van der Waals surface area contributed by atoms with E-state index in [4.69, 9.17) is 21.1 Å². The van der Waals surface area contributed by atoms with Crippen LogP contribution in [0.2, 0.25) is 5.02 Å². The van der Waals surface area contributed by atoms with Gasteiger partial charge in [0.05, 0.1) is 48.1 Å². The van der Waals surface area contributed by atoms with Gasteiger partial charge in [-0.3, -0.25) is 9.88 Å². The normalized spacial score (nSPS) is 19.6. The summed E-state index contributed by atoms with van der Waals surface area (Å²) < 4.78 is 30.1. The van der Waals surface area contributed by atoms with E-state index in [9.17, 15) is 4.39 Å². The van der Waals surface area contributed by atoms with E-state index in [1.165, 1.54) is 12.3 Å². The van der Waals surface area contributed by atoms with E-state index in [1.807, 2.05) is 42.6 Å². The second-order valence-corrected chi connectivity index (χ2v) is 11.8. The first-order valence-electron chi connectivity index (χ1n) is 15.0. The van der Waals surface area contributed by atoms with E-state index in [1.54, 1.807) is 16.8 Å². The minimum Gasteiger partial charge on any atom is -0.479 e. The standard InChI is InChI=1S/C32H34ClFN8O2/c1-21-31(38-39-42(21)26-14-25(15-26)40-11-9-35-10-12-40)23-13-29(32-27(33)17-37-41(32)18-23)44-30(28-8-7-24(34)16-36-28)20-43-19-22-5-3-2-4-6-22/h2-8,13,16-18,25-26,30,35H,9-12,14-15,19-20H2,1H3. The van der Waals surface area contributed by atoms with Gasteiger partial charge in [0.2, 0.25) is 0 Å². The van der Waals surface area contributed by atoms with Gasteiger partial charge in [0.15, 0.2) is 6.10 Å². The van der Waals surface area contributed by atoms with Crippen molar-refractivity contribution < 1.29 is 13.9 Å². The Hall–Kier alpha value is -3.90. The Morgan fingerprint density at radius 2 is 1.89 bits per heavy atom. The summed E-state index contributed by atoms with van der Waals surface area (Å²) in [5, 5.41) is 17.5. The summed E-state index contributed by atoms with van der Waals surface area (Å²) in [5.41, 5.74) is 4.71. The van der Waals surface area contributed by atoms with Crippen molar-refractivity contribution in [3.8, 4) is 17.0 Å². The molecule has 228 valence electrons. The molecule has 10 nitrogen and oxygen atoms in total. The second-order valence-electron chi connectivity index (χ2n) is 11.4. The molecule has 0 amide bonds. The third kappa shape index (κ3) is 5.92. The molecule has 5 aromatic rings. The lowest BCUT2D eigenvalue weighted by Crippen LogP contribution is -2.53. The molecule has 44 heavy (non-hydrogen) atoms. The van der Waals surface area contributed by atoms with Crippen LogP contribution in [0.15, 0.2) is 67.1 Å². The predicted octanol–water partition coefficient (Wildman–Crippen LogP) is 5.03. The van der Waals surface area contributed by atoms with Crippen LogP contribution in [-0.2, 0) is 11.3 Å². The van der Waals surface area contributed by atoms with Gasteiger partial charge in [-0.05, 0) is 43.5 Å². The number of pyridine rings is 2. The first kappa shape index (κ1) is 28.8. The Labute approximate surface area is 259 Å². The fourth-order valence-corrected chi connectivity index (χ4v) is 6.32. The maximum absolute atomic E-state index is 13.8. The molecule has 1 N–H and O–H groups in total. The fraction of sp³-hybridized carbons (Fsp3) is 0.375. The van der Waals surface area contributed by atoms with Crippen LogP contribution in [0.1, 0.15) is 41.9 Å². The molecule has 2 fully saturated rings. The maximum Gasteiger partial charge on any atom is 0.164 e. The lowest BCUT2D eigenvalue weighted by Gasteiger charge is -2.44. The number of halogens is 2. The Bertz CT molecular complexity index is 1720. The topological polar surface area (TPSA) is 94.6 Å². The molecule has 1 aromatic carbocycles. The van der Waals surface area contributed by atoms with Crippen LogP contribution in [-0.4, -0.2) is 73.3 Å². The SMILES string of the molecule is Cc1c(-c2cc(OC(COCc3ccccc3)c3ccc(F)cn3)c3c(Cl)cnn3c2)nnn1C1CC(N2CCNCC2)C1. The molecule has 1 saturated heterocycles. The van der Waals surface area contributed by atoms with Gasteiger partial charge in [0, 0.05) is 44.0 Å². The zero-order valence-corrected chi connectivity index (χ0v) is 25.2. The van der Waals surface area contributed by atoms with Gasteiger partial charge in [-0.25, -0.2) is 13.6 Å². The minimum absolute atomic E-state index is 0.181. The van der Waals surface area contributed by atoms with Crippen LogP contribution in [0, 0.1) is 12.7 Å². The number of rotatable bonds is 10. The van der Waals surface area contributed by atoms with E-state index in [0.717, 1.165) is 61.5 Å². The van der Waals surface area contributed by atoms with Crippen molar-refractivity contribution in [2.45, 2.75) is 44.6 Å². The van der Waals surface area contributed by atoms with Gasteiger partial charge in [-0.1, -0.05) is 47.1 Å². The highest BCUT2D eigenvalue weighted by Crippen LogP contribution is 2.39. The summed E-state index contributed by atoms with van der Waals surface area (Å²) in [6.07, 6.45) is 6.14. The molecule has 0 spiro atoms. The van der Waals surface area contributed by atoms with Crippen molar-refractivity contribution in [2.75, 3.05) is 32.8 Å². The van der Waals surface area contributed by atoms with E-state index in [2.05, 4.69) is 42.2 Å². The first-order chi connectivity index (χ1) is 21.5. The molecule has 12 heteroatoms. The van der Waals surface area contributed by atoms with Crippen molar-refractivity contribution in [2.24, 2.45) is 0 Å². The highest BCUT2D eigenvalue weighted by Gasteiger charge is 2.37. The van der Waals surface area contributed by atoms with E-state index in [0.29, 0.717) is 40.7 Å². The third-order valence-electron chi connectivity index (χ3n) is 8.57. The largest absolute Gasteiger partial charge is 0.479 e. The Kier molecular flexibility index (Phi) is 8.26. The smallest absolute Gasteiger partial charge is 0.164 e. The van der Waals surface area contributed by atoms with Crippen molar-refractivity contribution in [3.05, 3.63) is 94.9 Å². The molecule has 2 aliphatic rings. The molecule has 1 aliphatic carbocycles.